The molecule has 1 amide bonds. The molecule has 4 N–H and O–H groups in total. The van der Waals surface area contributed by atoms with Gasteiger partial charge < -0.3 is 20.8 Å². The fourth-order valence-electron chi connectivity index (χ4n) is 2.68. The molecule has 2 rings (SSSR count). The molecule has 0 atom stereocenters. The minimum absolute atomic E-state index is 0.0729. The van der Waals surface area contributed by atoms with Crippen molar-refractivity contribution in [3.8, 4) is 0 Å². The molecule has 0 aliphatic heterocycles. The highest BCUT2D eigenvalue weighted by atomic mass is 16.4. The quantitative estimate of drug-likeness (QED) is 0.252. The molecule has 0 spiro atoms. The highest BCUT2D eigenvalue weighted by molar-refractivity contribution is 5.99. The van der Waals surface area contributed by atoms with Gasteiger partial charge in [0.15, 0.2) is 5.84 Å². The van der Waals surface area contributed by atoms with E-state index in [9.17, 15) is 4.79 Å². The molecule has 1 aromatic heterocycles. The smallest absolute Gasteiger partial charge is 0.272 e. The fraction of sp³-hybridized carbons (Fsp3) is 0.615. The Morgan fingerprint density at radius 2 is 2.10 bits per heavy atom. The molecule has 0 unspecified atom stereocenters. The zero-order valence-electron chi connectivity index (χ0n) is 11.7. The van der Waals surface area contributed by atoms with E-state index in [-0.39, 0.29) is 11.7 Å². The summed E-state index contributed by atoms with van der Waals surface area (Å²) in [6.07, 6.45) is 8.66. The summed E-state index contributed by atoms with van der Waals surface area (Å²) in [5.41, 5.74) is 5.41. The summed E-state index contributed by atoms with van der Waals surface area (Å²) in [7, 11) is 1.80. The Balaban J connectivity index is 2.21. The molecule has 7 nitrogen and oxygen atoms in total. The van der Waals surface area contributed by atoms with Gasteiger partial charge in [-0.25, -0.2) is 4.98 Å². The van der Waals surface area contributed by atoms with Crippen LogP contribution in [0.4, 0.5) is 0 Å². The van der Waals surface area contributed by atoms with Crippen LogP contribution in [0.2, 0.25) is 0 Å². The molecule has 0 bridgehead atoms. The van der Waals surface area contributed by atoms with Gasteiger partial charge in [0.1, 0.15) is 11.2 Å². The fourth-order valence-corrected chi connectivity index (χ4v) is 2.68. The third kappa shape index (κ3) is 2.92. The van der Waals surface area contributed by atoms with Crippen molar-refractivity contribution in [2.45, 2.75) is 44.1 Å². The highest BCUT2D eigenvalue weighted by Crippen LogP contribution is 2.27. The number of amides is 1. The van der Waals surface area contributed by atoms with Crippen molar-refractivity contribution >= 4 is 11.7 Å². The maximum atomic E-state index is 12.3. The Morgan fingerprint density at radius 1 is 1.45 bits per heavy atom. The lowest BCUT2D eigenvalue weighted by Crippen LogP contribution is -2.57. The molecule has 0 saturated heterocycles. The average molecular weight is 279 g/mol. The number of aromatic nitrogens is 2. The van der Waals surface area contributed by atoms with E-state index >= 15 is 0 Å². The maximum Gasteiger partial charge on any atom is 0.272 e. The predicted octanol–water partition coefficient (Wildman–Crippen LogP) is 0.989. The molecule has 0 aromatic carbocycles. The first-order chi connectivity index (χ1) is 9.57. The number of hydrogen-bond acceptors (Lipinski definition) is 4. The van der Waals surface area contributed by atoms with Gasteiger partial charge >= 0.3 is 0 Å². The lowest BCUT2D eigenvalue weighted by atomic mass is 9.88. The SMILES string of the molecule is Cn1cnc(C(=O)NC2(C(N)=NO)CCCCCC2)c1. The molecule has 110 valence electrons. The number of aryl methyl sites for hydroxylation is 1. The van der Waals surface area contributed by atoms with Crippen LogP contribution in [-0.4, -0.2) is 32.0 Å². The lowest BCUT2D eigenvalue weighted by Gasteiger charge is -2.32. The first-order valence-electron chi connectivity index (χ1n) is 6.86. The van der Waals surface area contributed by atoms with Crippen molar-refractivity contribution in [3.63, 3.8) is 0 Å². The molecule has 1 aliphatic rings. The second-order valence-corrected chi connectivity index (χ2v) is 5.36. The summed E-state index contributed by atoms with van der Waals surface area (Å²) < 4.78 is 1.71. The van der Waals surface area contributed by atoms with Gasteiger partial charge in [0.25, 0.3) is 5.91 Å². The normalized spacial score (nSPS) is 19.4. The number of imidazole rings is 1. The molecule has 20 heavy (non-hydrogen) atoms. The Morgan fingerprint density at radius 3 is 2.60 bits per heavy atom. The summed E-state index contributed by atoms with van der Waals surface area (Å²) in [5.74, 6) is -0.220. The number of hydrogen-bond donors (Lipinski definition) is 3. The van der Waals surface area contributed by atoms with Crippen molar-refractivity contribution in [3.05, 3.63) is 18.2 Å². The van der Waals surface area contributed by atoms with Gasteiger partial charge in [-0.1, -0.05) is 30.8 Å². The Labute approximate surface area is 117 Å². The summed E-state index contributed by atoms with van der Waals surface area (Å²) in [6.45, 7) is 0. The van der Waals surface area contributed by atoms with E-state index in [1.54, 1.807) is 24.1 Å². The monoisotopic (exact) mass is 279 g/mol. The number of rotatable bonds is 3. The van der Waals surface area contributed by atoms with Crippen molar-refractivity contribution in [2.24, 2.45) is 17.9 Å². The molecule has 7 heteroatoms. The molecular formula is C13H21N5O2. The lowest BCUT2D eigenvalue weighted by molar-refractivity contribution is 0.0910. The molecule has 1 aliphatic carbocycles. The van der Waals surface area contributed by atoms with E-state index in [4.69, 9.17) is 10.9 Å². The van der Waals surface area contributed by atoms with Gasteiger partial charge in [-0.05, 0) is 12.8 Å². The van der Waals surface area contributed by atoms with E-state index in [0.29, 0.717) is 18.5 Å². The standard InChI is InChI=1S/C13H21N5O2/c1-18-8-10(15-9-18)11(19)16-13(12(14)17-20)6-4-2-3-5-7-13/h8-9,20H,2-7H2,1H3,(H2,14,17)(H,16,19). The first-order valence-corrected chi connectivity index (χ1v) is 6.86. The molecule has 1 saturated carbocycles. The highest BCUT2D eigenvalue weighted by Gasteiger charge is 2.37. The van der Waals surface area contributed by atoms with Crippen LogP contribution in [0.25, 0.3) is 0 Å². The van der Waals surface area contributed by atoms with Gasteiger partial charge in [-0.3, -0.25) is 4.79 Å². The third-order valence-corrected chi connectivity index (χ3v) is 3.85. The summed E-state index contributed by atoms with van der Waals surface area (Å²) in [5, 5.41) is 15.1. The van der Waals surface area contributed by atoms with Gasteiger partial charge in [0, 0.05) is 13.2 Å². The molecule has 1 aromatic rings. The number of amidine groups is 1. The Bertz CT molecular complexity index is 501. The zero-order chi connectivity index (χ0) is 14.6. The number of nitrogens with zero attached hydrogens (tertiary/aromatic N) is 3. The van der Waals surface area contributed by atoms with Crippen LogP contribution in [0, 0.1) is 0 Å². The summed E-state index contributed by atoms with van der Waals surface area (Å²) >= 11 is 0. The van der Waals surface area contributed by atoms with Crippen molar-refractivity contribution in [2.75, 3.05) is 0 Å². The van der Waals surface area contributed by atoms with E-state index in [1.807, 2.05) is 0 Å². The van der Waals surface area contributed by atoms with Crippen LogP contribution in [0.3, 0.4) is 0 Å². The second-order valence-electron chi connectivity index (χ2n) is 5.36. The van der Waals surface area contributed by atoms with Crippen molar-refractivity contribution < 1.29 is 10.0 Å². The number of carbonyl (C=O) groups is 1. The minimum atomic E-state index is -0.764. The summed E-state index contributed by atoms with van der Waals surface area (Å²) in [4.78, 5) is 16.3. The molecular weight excluding hydrogens is 258 g/mol. The maximum absolute atomic E-state index is 12.3. The summed E-state index contributed by atoms with van der Waals surface area (Å²) in [6, 6.07) is 0. The average Bonchev–Trinajstić information content (AvgIpc) is 2.74. The van der Waals surface area contributed by atoms with Gasteiger partial charge in [0.2, 0.25) is 0 Å². The minimum Gasteiger partial charge on any atom is -0.409 e. The van der Waals surface area contributed by atoms with Crippen LogP contribution in [0.15, 0.2) is 17.7 Å². The first kappa shape index (κ1) is 14.4. The van der Waals surface area contributed by atoms with Crippen LogP contribution < -0.4 is 11.1 Å². The molecule has 1 heterocycles. The number of nitrogens with two attached hydrogens (primary N) is 1. The Hall–Kier alpha value is -2.05. The molecule has 0 radical (unpaired) electrons. The number of oxime groups is 1. The molecule has 1 fully saturated rings. The van der Waals surface area contributed by atoms with E-state index in [0.717, 1.165) is 25.7 Å². The van der Waals surface area contributed by atoms with Gasteiger partial charge in [0.05, 0.1) is 6.33 Å². The van der Waals surface area contributed by atoms with Crippen molar-refractivity contribution in [1.29, 1.82) is 0 Å². The third-order valence-electron chi connectivity index (χ3n) is 3.85. The van der Waals surface area contributed by atoms with Gasteiger partial charge in [-0.15, -0.1) is 0 Å². The van der Waals surface area contributed by atoms with E-state index in [2.05, 4.69) is 15.5 Å². The van der Waals surface area contributed by atoms with Crippen LogP contribution >= 0.6 is 0 Å². The van der Waals surface area contributed by atoms with Gasteiger partial charge in [-0.2, -0.15) is 0 Å². The topological polar surface area (TPSA) is 106 Å². The van der Waals surface area contributed by atoms with Crippen LogP contribution in [-0.2, 0) is 7.05 Å². The largest absolute Gasteiger partial charge is 0.409 e. The van der Waals surface area contributed by atoms with E-state index in [1.165, 1.54) is 0 Å². The van der Waals surface area contributed by atoms with Crippen molar-refractivity contribution in [1.82, 2.24) is 14.9 Å². The Kier molecular flexibility index (Phi) is 4.26. The second kappa shape index (κ2) is 5.94. The van der Waals surface area contributed by atoms with Crippen LogP contribution in [0.1, 0.15) is 49.0 Å². The zero-order valence-corrected chi connectivity index (χ0v) is 11.7. The van der Waals surface area contributed by atoms with E-state index < -0.39 is 5.54 Å². The predicted molar refractivity (Wildman–Crippen MR) is 74.5 cm³/mol. The van der Waals surface area contributed by atoms with Crippen LogP contribution in [0.5, 0.6) is 0 Å². The number of carbonyl (C=O) groups excluding carboxylic acids is 1. The number of nitrogens with one attached hydrogen (secondary N) is 1.